The van der Waals surface area contributed by atoms with Crippen molar-refractivity contribution < 1.29 is 17.8 Å². The highest BCUT2D eigenvalue weighted by molar-refractivity contribution is 8.12. The van der Waals surface area contributed by atoms with Crippen LogP contribution in [0.25, 0.3) is 0 Å². The molecule has 0 aliphatic rings. The van der Waals surface area contributed by atoms with E-state index in [-0.39, 0.29) is 10.7 Å². The lowest BCUT2D eigenvalue weighted by Gasteiger charge is -2.15. The number of methoxy groups -OCH3 is 1. The first-order valence-electron chi connectivity index (χ1n) is 4.19. The minimum absolute atomic E-state index is 0.184. The highest BCUT2D eigenvalue weighted by atomic mass is 32.5. The molecule has 17 heavy (non-hydrogen) atoms. The fraction of sp³-hybridized carbons (Fsp3) is 0.667. The maximum atomic E-state index is 11.4. The fourth-order valence-electron chi connectivity index (χ4n) is 0.725. The molecule has 0 N–H and O–H groups in total. The van der Waals surface area contributed by atoms with E-state index in [9.17, 15) is 4.79 Å². The van der Waals surface area contributed by atoms with E-state index in [2.05, 4.69) is 5.10 Å². The van der Waals surface area contributed by atoms with Crippen molar-refractivity contribution in [3.63, 3.8) is 0 Å². The summed E-state index contributed by atoms with van der Waals surface area (Å²) in [7, 11) is 4.26. The molecule has 0 saturated carbocycles. The number of rotatable bonds is 7. The molecule has 0 radical (unpaired) electrons. The van der Waals surface area contributed by atoms with E-state index >= 15 is 0 Å². The predicted molar refractivity (Wildman–Crippen MR) is 69.9 cm³/mol. The number of ether oxygens (including phenoxy) is 1. The van der Waals surface area contributed by atoms with Gasteiger partial charge in [-0.05, 0) is 23.1 Å². The van der Waals surface area contributed by atoms with Crippen molar-refractivity contribution in [1.29, 1.82) is 0 Å². The second-order valence-corrected chi connectivity index (χ2v) is 7.43. The summed E-state index contributed by atoms with van der Waals surface area (Å²) in [6.07, 6.45) is 0. The SMILES string of the molecule is COc1nn(CSOP(=S)(OC)OC)c(=O)s1. The molecule has 1 rings (SSSR count). The second-order valence-electron chi connectivity index (χ2n) is 2.47. The van der Waals surface area contributed by atoms with Gasteiger partial charge in [-0.25, -0.2) is 8.65 Å². The quantitative estimate of drug-likeness (QED) is 0.552. The van der Waals surface area contributed by atoms with Crippen LogP contribution in [0.4, 0.5) is 0 Å². The van der Waals surface area contributed by atoms with Crippen molar-refractivity contribution in [3.8, 4) is 5.19 Å². The Hall–Kier alpha value is 0.0400. The summed E-state index contributed by atoms with van der Waals surface area (Å²) < 4.78 is 21.1. The molecule has 11 heteroatoms. The van der Waals surface area contributed by atoms with Gasteiger partial charge in [0.15, 0.2) is 0 Å². The van der Waals surface area contributed by atoms with E-state index < -0.39 is 6.72 Å². The van der Waals surface area contributed by atoms with Crippen molar-refractivity contribution in [2.75, 3.05) is 21.3 Å². The zero-order valence-electron chi connectivity index (χ0n) is 9.31. The van der Waals surface area contributed by atoms with Gasteiger partial charge in [-0.3, -0.25) is 4.79 Å². The largest absolute Gasteiger partial charge is 0.472 e. The molecule has 0 bridgehead atoms. The summed E-state index contributed by atoms with van der Waals surface area (Å²) in [4.78, 5) is 11.1. The molecule has 1 heterocycles. The standard InChI is InChI=1S/C6H11N2O5PS3/c1-10-5-7-8(6(9)17-5)4-16-13-14(15,11-2)12-3/h4H2,1-3H3. The highest BCUT2D eigenvalue weighted by Crippen LogP contribution is 2.51. The molecule has 0 fully saturated rings. The van der Waals surface area contributed by atoms with Gasteiger partial charge in [0.2, 0.25) is 0 Å². The average molecular weight is 318 g/mol. The molecule has 0 amide bonds. The van der Waals surface area contributed by atoms with Crippen molar-refractivity contribution in [3.05, 3.63) is 9.67 Å². The first kappa shape index (κ1) is 15.1. The molecule has 0 saturated heterocycles. The summed E-state index contributed by atoms with van der Waals surface area (Å²) in [6, 6.07) is 0. The number of hydrogen-bond donors (Lipinski definition) is 0. The monoisotopic (exact) mass is 318 g/mol. The van der Waals surface area contributed by atoms with Gasteiger partial charge in [0, 0.05) is 26.3 Å². The highest BCUT2D eigenvalue weighted by Gasteiger charge is 2.17. The average Bonchev–Trinajstić information content (AvgIpc) is 2.70. The smallest absolute Gasteiger partial charge is 0.338 e. The summed E-state index contributed by atoms with van der Waals surface area (Å²) in [5.74, 6) is 0.184. The van der Waals surface area contributed by atoms with Crippen LogP contribution >= 0.6 is 30.1 Å². The third-order valence-electron chi connectivity index (χ3n) is 1.53. The molecule has 0 aromatic carbocycles. The van der Waals surface area contributed by atoms with E-state index in [4.69, 9.17) is 29.6 Å². The minimum Gasteiger partial charge on any atom is -0.472 e. The topological polar surface area (TPSA) is 71.8 Å². The first-order valence-corrected chi connectivity index (χ1v) is 8.47. The fourth-order valence-corrected chi connectivity index (χ4v) is 3.39. The lowest BCUT2D eigenvalue weighted by Crippen LogP contribution is -2.13. The van der Waals surface area contributed by atoms with Crippen LogP contribution in [0, 0.1) is 0 Å². The van der Waals surface area contributed by atoms with Crippen molar-refractivity contribution in [2.24, 2.45) is 0 Å². The van der Waals surface area contributed by atoms with Gasteiger partial charge in [0.05, 0.1) is 7.11 Å². The molecule has 7 nitrogen and oxygen atoms in total. The predicted octanol–water partition coefficient (Wildman–Crippen LogP) is 1.45. The van der Waals surface area contributed by atoms with Crippen LogP contribution in [-0.4, -0.2) is 31.1 Å². The van der Waals surface area contributed by atoms with Gasteiger partial charge < -0.3 is 13.8 Å². The lowest BCUT2D eigenvalue weighted by molar-refractivity contribution is 0.284. The van der Waals surface area contributed by atoms with Gasteiger partial charge in [0.1, 0.15) is 5.88 Å². The Morgan fingerprint density at radius 2 is 2.12 bits per heavy atom. The van der Waals surface area contributed by atoms with Crippen molar-refractivity contribution >= 4 is 41.9 Å². The third-order valence-corrected chi connectivity index (χ3v) is 6.18. The second kappa shape index (κ2) is 6.83. The Morgan fingerprint density at radius 3 is 2.59 bits per heavy atom. The number of nitrogens with zero attached hydrogens (tertiary/aromatic N) is 2. The molecule has 0 aliphatic heterocycles. The van der Waals surface area contributed by atoms with Crippen LogP contribution in [0.15, 0.2) is 4.79 Å². The summed E-state index contributed by atoms with van der Waals surface area (Å²) in [5.41, 5.74) is 0. The lowest BCUT2D eigenvalue weighted by atomic mass is 11.2. The Balaban J connectivity index is 2.54. The maximum Gasteiger partial charge on any atom is 0.338 e. The van der Waals surface area contributed by atoms with Crippen LogP contribution in [0.3, 0.4) is 0 Å². The van der Waals surface area contributed by atoms with Gasteiger partial charge in [-0.15, -0.1) is 5.10 Å². The van der Waals surface area contributed by atoms with E-state index in [1.165, 1.54) is 26.0 Å². The van der Waals surface area contributed by atoms with Gasteiger partial charge in [-0.1, -0.05) is 0 Å². The van der Waals surface area contributed by atoms with Crippen LogP contribution in [-0.2, 0) is 30.7 Å². The first-order chi connectivity index (χ1) is 8.04. The Morgan fingerprint density at radius 1 is 1.47 bits per heavy atom. The third kappa shape index (κ3) is 4.32. The van der Waals surface area contributed by atoms with E-state index in [0.29, 0.717) is 5.19 Å². The van der Waals surface area contributed by atoms with Gasteiger partial charge in [-0.2, -0.15) is 0 Å². The molecule has 0 aliphatic carbocycles. The Bertz CT molecular complexity index is 453. The Labute approximate surface area is 111 Å². The van der Waals surface area contributed by atoms with Crippen LogP contribution in [0.2, 0.25) is 0 Å². The van der Waals surface area contributed by atoms with E-state index in [1.807, 2.05) is 0 Å². The maximum absolute atomic E-state index is 11.4. The van der Waals surface area contributed by atoms with E-state index in [1.54, 1.807) is 0 Å². The van der Waals surface area contributed by atoms with Crippen LogP contribution < -0.4 is 9.61 Å². The Kier molecular flexibility index (Phi) is 6.07. The zero-order valence-corrected chi connectivity index (χ0v) is 12.7. The molecule has 0 atom stereocenters. The molecule has 0 unspecified atom stereocenters. The molecule has 0 spiro atoms. The summed E-state index contributed by atoms with van der Waals surface area (Å²) in [6.45, 7) is -2.71. The minimum atomic E-state index is -2.71. The zero-order chi connectivity index (χ0) is 12.9. The number of hydrogen-bond acceptors (Lipinski definition) is 9. The molecular formula is C6H11N2O5PS3. The molecule has 98 valence electrons. The number of aromatic nitrogens is 2. The van der Waals surface area contributed by atoms with Crippen LogP contribution in [0.1, 0.15) is 0 Å². The normalized spacial score (nSPS) is 11.7. The summed E-state index contributed by atoms with van der Waals surface area (Å²) >= 11 is 6.83. The van der Waals surface area contributed by atoms with Gasteiger partial charge in [0.25, 0.3) is 5.19 Å². The van der Waals surface area contributed by atoms with Crippen molar-refractivity contribution in [2.45, 2.75) is 5.88 Å². The van der Waals surface area contributed by atoms with Gasteiger partial charge >= 0.3 is 11.6 Å². The van der Waals surface area contributed by atoms with E-state index in [0.717, 1.165) is 23.4 Å². The molecular weight excluding hydrogens is 307 g/mol. The van der Waals surface area contributed by atoms with Crippen molar-refractivity contribution in [1.82, 2.24) is 9.78 Å². The summed E-state index contributed by atoms with van der Waals surface area (Å²) in [5, 5.41) is 4.20. The van der Waals surface area contributed by atoms with Crippen LogP contribution in [0.5, 0.6) is 5.19 Å². The molecule has 1 aromatic rings. The molecule has 1 aromatic heterocycles.